The van der Waals surface area contributed by atoms with Gasteiger partial charge in [0.25, 0.3) is 0 Å². The molecule has 7 aromatic rings. The Kier molecular flexibility index (Phi) is 4.04. The first-order valence-corrected chi connectivity index (χ1v) is 11.8. The summed E-state index contributed by atoms with van der Waals surface area (Å²) in [4.78, 5) is 4.93. The first-order chi connectivity index (χ1) is 16.7. The molecule has 0 fully saturated rings. The molecule has 0 radical (unpaired) electrons. The normalized spacial score (nSPS) is 11.8. The first-order valence-electron chi connectivity index (χ1n) is 11.8. The van der Waals surface area contributed by atoms with Crippen molar-refractivity contribution in [3.8, 4) is 11.3 Å². The van der Waals surface area contributed by atoms with Crippen molar-refractivity contribution in [2.75, 3.05) is 0 Å². The maximum absolute atomic E-state index is 4.93. The number of pyridine rings is 1. The Morgan fingerprint density at radius 2 is 1.12 bits per heavy atom. The second-order valence-electron chi connectivity index (χ2n) is 9.33. The van der Waals surface area contributed by atoms with E-state index in [0.29, 0.717) is 0 Å². The van der Waals surface area contributed by atoms with Gasteiger partial charge in [0.15, 0.2) is 0 Å². The minimum Gasteiger partial charge on any atom is -0.255 e. The van der Waals surface area contributed by atoms with E-state index < -0.39 is 0 Å². The summed E-state index contributed by atoms with van der Waals surface area (Å²) in [6.45, 7) is 4.36. The van der Waals surface area contributed by atoms with Gasteiger partial charge in [0.2, 0.25) is 0 Å². The molecule has 0 amide bonds. The van der Waals surface area contributed by atoms with Gasteiger partial charge in [0.1, 0.15) is 0 Å². The zero-order chi connectivity index (χ0) is 22.8. The lowest BCUT2D eigenvalue weighted by Gasteiger charge is -2.14. The zero-order valence-electron chi connectivity index (χ0n) is 19.3. The number of aromatic nitrogens is 1. The molecule has 160 valence electrons. The summed E-state index contributed by atoms with van der Waals surface area (Å²) in [5, 5.41) is 12.9. The van der Waals surface area contributed by atoms with E-state index in [1.165, 1.54) is 65.0 Å². The molecule has 34 heavy (non-hydrogen) atoms. The van der Waals surface area contributed by atoms with Crippen LogP contribution >= 0.6 is 0 Å². The number of benzene rings is 6. The highest BCUT2D eigenvalue weighted by molar-refractivity contribution is 6.18. The Bertz CT molecular complexity index is 1930. The fourth-order valence-electron chi connectivity index (χ4n) is 5.67. The average molecular weight is 434 g/mol. The van der Waals surface area contributed by atoms with Gasteiger partial charge in [-0.1, -0.05) is 84.9 Å². The second kappa shape index (κ2) is 7.13. The predicted molar refractivity (Wildman–Crippen MR) is 147 cm³/mol. The van der Waals surface area contributed by atoms with E-state index >= 15 is 0 Å². The fourth-order valence-corrected chi connectivity index (χ4v) is 5.67. The molecule has 0 spiro atoms. The summed E-state index contributed by atoms with van der Waals surface area (Å²) in [5.41, 5.74) is 4.71. The average Bonchev–Trinajstić information content (AvgIpc) is 2.88. The number of nitrogens with zero attached hydrogens (tertiary/aromatic N) is 1. The Hall–Kier alpha value is -4.23. The van der Waals surface area contributed by atoms with Gasteiger partial charge in [0, 0.05) is 17.1 Å². The van der Waals surface area contributed by atoms with Crippen molar-refractivity contribution in [3.05, 3.63) is 114 Å². The van der Waals surface area contributed by atoms with E-state index in [9.17, 15) is 0 Å². The van der Waals surface area contributed by atoms with Crippen LogP contribution in [0.15, 0.2) is 103 Å². The smallest absolute Gasteiger partial charge is 0.0781 e. The third kappa shape index (κ3) is 2.71. The second-order valence-corrected chi connectivity index (χ2v) is 9.33. The van der Waals surface area contributed by atoms with Crippen molar-refractivity contribution in [1.29, 1.82) is 0 Å². The van der Waals surface area contributed by atoms with Gasteiger partial charge in [-0.25, -0.2) is 0 Å². The number of hydrogen-bond acceptors (Lipinski definition) is 1. The standard InChI is InChI=1S/C33H23N/c1-20-17-31-32(30-10-6-5-8-25(20)30)21(2)19-34-33(31)24-13-14-27-23(18-24)12-16-28-26-9-4-3-7-22(26)11-15-29(27)28/h3-19H,1-2H3. The molecule has 0 saturated heterocycles. The molecule has 0 atom stereocenters. The molecule has 0 aliphatic heterocycles. The predicted octanol–water partition coefficient (Wildman–Crippen LogP) is 9.13. The quantitative estimate of drug-likeness (QED) is 0.235. The molecule has 0 aliphatic rings. The third-order valence-corrected chi connectivity index (χ3v) is 7.30. The Morgan fingerprint density at radius 1 is 0.471 bits per heavy atom. The van der Waals surface area contributed by atoms with Crippen molar-refractivity contribution in [2.45, 2.75) is 13.8 Å². The highest BCUT2D eigenvalue weighted by Crippen LogP contribution is 2.38. The van der Waals surface area contributed by atoms with Crippen LogP contribution in [-0.2, 0) is 0 Å². The van der Waals surface area contributed by atoms with Crippen LogP contribution in [0.2, 0.25) is 0 Å². The SMILES string of the molecule is Cc1cc2c(-c3ccc4c(ccc5c6ccccc6ccc45)c3)ncc(C)c2c2ccccc12. The maximum Gasteiger partial charge on any atom is 0.0781 e. The summed E-state index contributed by atoms with van der Waals surface area (Å²) in [6.07, 6.45) is 2.02. The van der Waals surface area contributed by atoms with Crippen LogP contribution in [0.3, 0.4) is 0 Å². The molecule has 1 heteroatoms. The van der Waals surface area contributed by atoms with Gasteiger partial charge in [0.05, 0.1) is 5.69 Å². The fraction of sp³-hybridized carbons (Fsp3) is 0.0606. The van der Waals surface area contributed by atoms with E-state index in [2.05, 4.69) is 111 Å². The lowest BCUT2D eigenvalue weighted by molar-refractivity contribution is 1.31. The Labute approximate surface area is 198 Å². The molecule has 0 unspecified atom stereocenters. The van der Waals surface area contributed by atoms with Crippen molar-refractivity contribution in [1.82, 2.24) is 4.98 Å². The summed E-state index contributed by atoms with van der Waals surface area (Å²) >= 11 is 0. The topological polar surface area (TPSA) is 12.9 Å². The lowest BCUT2D eigenvalue weighted by atomic mass is 9.92. The van der Waals surface area contributed by atoms with Gasteiger partial charge in [-0.2, -0.15) is 0 Å². The van der Waals surface area contributed by atoms with Crippen LogP contribution < -0.4 is 0 Å². The molecule has 6 aromatic carbocycles. The minimum absolute atomic E-state index is 1.05. The highest BCUT2D eigenvalue weighted by Gasteiger charge is 2.13. The molecular formula is C33H23N. The van der Waals surface area contributed by atoms with Gasteiger partial charge in [-0.3, -0.25) is 4.98 Å². The van der Waals surface area contributed by atoms with Crippen LogP contribution in [-0.4, -0.2) is 4.98 Å². The maximum atomic E-state index is 4.93. The van der Waals surface area contributed by atoms with Crippen LogP contribution in [0.1, 0.15) is 11.1 Å². The molecule has 7 rings (SSSR count). The van der Waals surface area contributed by atoms with Crippen LogP contribution in [0.25, 0.3) is 65.1 Å². The first kappa shape index (κ1) is 19.3. The summed E-state index contributed by atoms with van der Waals surface area (Å²) < 4.78 is 0. The van der Waals surface area contributed by atoms with Gasteiger partial charge in [-0.15, -0.1) is 0 Å². The summed E-state index contributed by atoms with van der Waals surface area (Å²) in [7, 11) is 0. The largest absolute Gasteiger partial charge is 0.255 e. The van der Waals surface area contributed by atoms with Gasteiger partial charge < -0.3 is 0 Å². The molecule has 0 aliphatic carbocycles. The molecule has 0 bridgehead atoms. The Morgan fingerprint density at radius 3 is 1.94 bits per heavy atom. The van der Waals surface area contributed by atoms with Gasteiger partial charge >= 0.3 is 0 Å². The highest BCUT2D eigenvalue weighted by atomic mass is 14.7. The van der Waals surface area contributed by atoms with Crippen molar-refractivity contribution >= 4 is 53.9 Å². The number of fused-ring (bicyclic) bond motifs is 8. The summed E-state index contributed by atoms with van der Waals surface area (Å²) in [5.74, 6) is 0. The molecule has 1 nitrogen and oxygen atoms in total. The number of aryl methyl sites for hydroxylation is 2. The van der Waals surface area contributed by atoms with E-state index in [4.69, 9.17) is 4.98 Å². The molecular weight excluding hydrogens is 410 g/mol. The van der Waals surface area contributed by atoms with E-state index in [0.717, 1.165) is 11.3 Å². The van der Waals surface area contributed by atoms with Crippen LogP contribution in [0.4, 0.5) is 0 Å². The third-order valence-electron chi connectivity index (χ3n) is 7.30. The molecule has 1 heterocycles. The summed E-state index contributed by atoms with van der Waals surface area (Å²) in [6, 6.07) is 35.4. The van der Waals surface area contributed by atoms with Crippen molar-refractivity contribution in [2.24, 2.45) is 0 Å². The Balaban J connectivity index is 1.51. The van der Waals surface area contributed by atoms with E-state index in [-0.39, 0.29) is 0 Å². The van der Waals surface area contributed by atoms with Crippen molar-refractivity contribution in [3.63, 3.8) is 0 Å². The van der Waals surface area contributed by atoms with E-state index in [1.807, 2.05) is 6.20 Å². The zero-order valence-corrected chi connectivity index (χ0v) is 19.3. The molecule has 0 N–H and O–H groups in total. The molecule has 1 aromatic heterocycles. The van der Waals surface area contributed by atoms with Crippen molar-refractivity contribution < 1.29 is 0 Å². The number of rotatable bonds is 1. The molecule has 0 saturated carbocycles. The number of hydrogen-bond donors (Lipinski definition) is 0. The van der Waals surface area contributed by atoms with Crippen LogP contribution in [0, 0.1) is 13.8 Å². The van der Waals surface area contributed by atoms with E-state index in [1.54, 1.807) is 0 Å². The monoisotopic (exact) mass is 433 g/mol. The minimum atomic E-state index is 1.05. The van der Waals surface area contributed by atoms with Gasteiger partial charge in [-0.05, 0) is 85.6 Å². The lowest BCUT2D eigenvalue weighted by Crippen LogP contribution is -1.92. The van der Waals surface area contributed by atoms with Crippen LogP contribution in [0.5, 0.6) is 0 Å².